The Morgan fingerprint density at radius 3 is 2.18 bits per heavy atom. The van der Waals surface area contributed by atoms with Crippen molar-refractivity contribution >= 4 is 17.0 Å². The van der Waals surface area contributed by atoms with Crippen LogP contribution in [-0.4, -0.2) is 13.9 Å². The van der Waals surface area contributed by atoms with Crippen molar-refractivity contribution in [1.29, 1.82) is 0 Å². The standard InChI is InChI=1S/C26H21FN4OS/c1-18-24(25(32)31(29(18)2)22-11-7-4-8-12-22)30-23(19-13-15-20(27)16-14-19)17-33-26(30)28-21-9-5-3-6-10-21/h3-17H,1-2H3. The van der Waals surface area contributed by atoms with Gasteiger partial charge in [-0.25, -0.2) is 14.1 Å². The van der Waals surface area contributed by atoms with E-state index < -0.39 is 0 Å². The van der Waals surface area contributed by atoms with Crippen LogP contribution in [0.3, 0.4) is 0 Å². The highest BCUT2D eigenvalue weighted by Crippen LogP contribution is 2.25. The summed E-state index contributed by atoms with van der Waals surface area (Å²) in [6, 6.07) is 25.4. The van der Waals surface area contributed by atoms with Gasteiger partial charge in [-0.15, -0.1) is 11.3 Å². The van der Waals surface area contributed by atoms with Crippen LogP contribution in [0.4, 0.5) is 10.1 Å². The van der Waals surface area contributed by atoms with Crippen LogP contribution >= 0.6 is 11.3 Å². The number of para-hydroxylation sites is 2. The minimum atomic E-state index is -0.308. The van der Waals surface area contributed by atoms with Gasteiger partial charge in [0, 0.05) is 12.4 Å². The summed E-state index contributed by atoms with van der Waals surface area (Å²) in [6.45, 7) is 1.92. The molecule has 5 aromatic rings. The van der Waals surface area contributed by atoms with Crippen molar-refractivity contribution < 1.29 is 4.39 Å². The van der Waals surface area contributed by atoms with E-state index in [2.05, 4.69) is 0 Å². The lowest BCUT2D eigenvalue weighted by molar-refractivity contribution is 0.628. The monoisotopic (exact) mass is 456 g/mol. The largest absolute Gasteiger partial charge is 0.296 e. The second-order valence-corrected chi connectivity index (χ2v) is 8.44. The van der Waals surface area contributed by atoms with Gasteiger partial charge in [-0.3, -0.25) is 14.0 Å². The number of nitrogens with zero attached hydrogens (tertiary/aromatic N) is 4. The Bertz CT molecular complexity index is 1540. The summed E-state index contributed by atoms with van der Waals surface area (Å²) >= 11 is 1.44. The Labute approximate surface area is 193 Å². The second kappa shape index (κ2) is 8.52. The second-order valence-electron chi connectivity index (χ2n) is 7.60. The van der Waals surface area contributed by atoms with Crippen LogP contribution in [0.1, 0.15) is 5.69 Å². The zero-order chi connectivity index (χ0) is 22.9. The average Bonchev–Trinajstić information content (AvgIpc) is 3.33. The van der Waals surface area contributed by atoms with Crippen LogP contribution in [0.5, 0.6) is 0 Å². The Kier molecular flexibility index (Phi) is 5.40. The third-order valence-electron chi connectivity index (χ3n) is 5.58. The molecule has 0 saturated heterocycles. The van der Waals surface area contributed by atoms with E-state index in [4.69, 9.17) is 4.99 Å². The third-order valence-corrected chi connectivity index (χ3v) is 6.40. The van der Waals surface area contributed by atoms with E-state index in [1.165, 1.54) is 23.5 Å². The van der Waals surface area contributed by atoms with Crippen LogP contribution in [0.2, 0.25) is 0 Å². The van der Waals surface area contributed by atoms with Crippen molar-refractivity contribution in [2.45, 2.75) is 6.92 Å². The van der Waals surface area contributed by atoms with Gasteiger partial charge in [0.05, 0.1) is 22.8 Å². The molecule has 0 spiro atoms. The molecule has 5 nitrogen and oxygen atoms in total. The predicted octanol–water partition coefficient (Wildman–Crippen LogP) is 5.38. The molecule has 0 unspecified atom stereocenters. The fourth-order valence-electron chi connectivity index (χ4n) is 3.85. The highest BCUT2D eigenvalue weighted by molar-refractivity contribution is 7.07. The molecule has 7 heteroatoms. The summed E-state index contributed by atoms with van der Waals surface area (Å²) in [5.74, 6) is -0.308. The van der Waals surface area contributed by atoms with Crippen LogP contribution in [0.25, 0.3) is 22.6 Å². The Balaban J connectivity index is 1.83. The first kappa shape index (κ1) is 20.9. The molecule has 33 heavy (non-hydrogen) atoms. The molecule has 5 rings (SSSR count). The number of hydrogen-bond donors (Lipinski definition) is 0. The molecule has 0 amide bonds. The Morgan fingerprint density at radius 2 is 1.52 bits per heavy atom. The third kappa shape index (κ3) is 3.76. The van der Waals surface area contributed by atoms with Gasteiger partial charge in [-0.2, -0.15) is 0 Å². The van der Waals surface area contributed by atoms with Gasteiger partial charge in [0.1, 0.15) is 11.5 Å². The summed E-state index contributed by atoms with van der Waals surface area (Å²) in [7, 11) is 1.87. The van der Waals surface area contributed by atoms with E-state index in [-0.39, 0.29) is 11.4 Å². The molecule has 0 saturated carbocycles. The first-order valence-corrected chi connectivity index (χ1v) is 11.3. The van der Waals surface area contributed by atoms with Crippen molar-refractivity contribution in [3.8, 4) is 22.6 Å². The van der Waals surface area contributed by atoms with Crippen molar-refractivity contribution in [3.63, 3.8) is 0 Å². The molecule has 0 aliphatic carbocycles. The molecular weight excluding hydrogens is 435 g/mol. The van der Waals surface area contributed by atoms with E-state index in [0.717, 1.165) is 28.3 Å². The molecule has 3 aromatic carbocycles. The topological polar surface area (TPSA) is 44.2 Å². The van der Waals surface area contributed by atoms with E-state index in [1.807, 2.05) is 89.3 Å². The summed E-state index contributed by atoms with van der Waals surface area (Å²) in [6.07, 6.45) is 0. The fraction of sp³-hybridized carbons (Fsp3) is 0.0769. The molecule has 0 fully saturated rings. The normalized spacial score (nSPS) is 11.8. The van der Waals surface area contributed by atoms with E-state index in [1.54, 1.807) is 16.8 Å². The maximum absolute atomic E-state index is 13.8. The van der Waals surface area contributed by atoms with Gasteiger partial charge in [0.25, 0.3) is 5.56 Å². The van der Waals surface area contributed by atoms with Gasteiger partial charge < -0.3 is 0 Å². The summed E-state index contributed by atoms with van der Waals surface area (Å²) in [5.41, 5.74) is 4.29. The number of rotatable bonds is 4. The lowest BCUT2D eigenvalue weighted by Gasteiger charge is -2.08. The minimum Gasteiger partial charge on any atom is -0.283 e. The van der Waals surface area contributed by atoms with E-state index in [0.29, 0.717) is 10.5 Å². The molecule has 164 valence electrons. The maximum Gasteiger partial charge on any atom is 0.296 e. The highest BCUT2D eigenvalue weighted by atomic mass is 32.1. The fourth-order valence-corrected chi connectivity index (χ4v) is 4.76. The number of thiazole rings is 1. The van der Waals surface area contributed by atoms with Crippen molar-refractivity contribution in [2.24, 2.45) is 12.0 Å². The van der Waals surface area contributed by atoms with E-state index in [9.17, 15) is 9.18 Å². The SMILES string of the molecule is Cc1c(-n2c(-c3ccc(F)cc3)csc2=Nc2ccccc2)c(=O)n(-c2ccccc2)n1C. The van der Waals surface area contributed by atoms with Gasteiger partial charge in [0.15, 0.2) is 4.80 Å². The Hall–Kier alpha value is -3.97. The minimum absolute atomic E-state index is 0.155. The van der Waals surface area contributed by atoms with Crippen molar-refractivity contribution in [2.75, 3.05) is 0 Å². The van der Waals surface area contributed by atoms with Gasteiger partial charge in [-0.1, -0.05) is 36.4 Å². The highest BCUT2D eigenvalue weighted by Gasteiger charge is 2.22. The quantitative estimate of drug-likeness (QED) is 0.358. The molecular formula is C26H21FN4OS. The molecule has 0 aliphatic rings. The first-order chi connectivity index (χ1) is 16.0. The maximum atomic E-state index is 13.8. The van der Waals surface area contributed by atoms with Gasteiger partial charge in [-0.05, 0) is 61.0 Å². The number of benzene rings is 3. The smallest absolute Gasteiger partial charge is 0.283 e. The summed E-state index contributed by atoms with van der Waals surface area (Å²) < 4.78 is 19.0. The van der Waals surface area contributed by atoms with Crippen molar-refractivity contribution in [1.82, 2.24) is 13.9 Å². The zero-order valence-corrected chi connectivity index (χ0v) is 19.0. The first-order valence-electron chi connectivity index (χ1n) is 10.5. The van der Waals surface area contributed by atoms with Crippen LogP contribution < -0.4 is 10.4 Å². The number of halogens is 1. The predicted molar refractivity (Wildman–Crippen MR) is 130 cm³/mol. The van der Waals surface area contributed by atoms with Gasteiger partial charge in [0.2, 0.25) is 0 Å². The number of hydrogen-bond acceptors (Lipinski definition) is 3. The van der Waals surface area contributed by atoms with Crippen LogP contribution in [0.15, 0.2) is 100 Å². The molecule has 0 radical (unpaired) electrons. The van der Waals surface area contributed by atoms with Crippen LogP contribution in [-0.2, 0) is 7.05 Å². The number of aromatic nitrogens is 3. The molecule has 0 bridgehead atoms. The summed E-state index contributed by atoms with van der Waals surface area (Å²) in [5, 5.41) is 1.95. The molecule has 0 N–H and O–H groups in total. The molecule has 2 heterocycles. The summed E-state index contributed by atoms with van der Waals surface area (Å²) in [4.78, 5) is 19.3. The molecule has 2 aromatic heterocycles. The van der Waals surface area contributed by atoms with Crippen LogP contribution in [0, 0.1) is 12.7 Å². The lowest BCUT2D eigenvalue weighted by atomic mass is 10.1. The van der Waals surface area contributed by atoms with Gasteiger partial charge >= 0.3 is 0 Å². The molecule has 0 aliphatic heterocycles. The zero-order valence-electron chi connectivity index (χ0n) is 18.1. The Morgan fingerprint density at radius 1 is 0.879 bits per heavy atom. The molecule has 0 atom stereocenters. The average molecular weight is 457 g/mol. The lowest BCUT2D eigenvalue weighted by Crippen LogP contribution is -2.24. The van der Waals surface area contributed by atoms with Crippen molar-refractivity contribution in [3.05, 3.63) is 117 Å². The van der Waals surface area contributed by atoms with E-state index >= 15 is 0 Å².